The van der Waals surface area contributed by atoms with Gasteiger partial charge in [-0.2, -0.15) is 0 Å². The summed E-state index contributed by atoms with van der Waals surface area (Å²) < 4.78 is 0. The molecule has 1 saturated carbocycles. The molecule has 1 unspecified atom stereocenters. The van der Waals surface area contributed by atoms with Crippen LogP contribution >= 0.6 is 0 Å². The number of hydrogen-bond acceptors (Lipinski definition) is 2. The van der Waals surface area contributed by atoms with Crippen LogP contribution in [0.5, 0.6) is 0 Å². The topological polar surface area (TPSA) is 15.3 Å². The van der Waals surface area contributed by atoms with Crippen LogP contribution in [-0.2, 0) is 0 Å². The van der Waals surface area contributed by atoms with Crippen molar-refractivity contribution in [1.29, 1.82) is 0 Å². The Morgan fingerprint density at radius 1 is 1.24 bits per heavy atom. The van der Waals surface area contributed by atoms with Crippen molar-refractivity contribution in [3.05, 3.63) is 29.8 Å². The number of anilines is 1. The molecule has 0 spiro atoms. The van der Waals surface area contributed by atoms with Crippen LogP contribution in [0.4, 0.5) is 5.69 Å². The summed E-state index contributed by atoms with van der Waals surface area (Å²) in [5.41, 5.74) is 2.64. The van der Waals surface area contributed by atoms with Gasteiger partial charge in [-0.05, 0) is 43.5 Å². The number of nitrogens with zero attached hydrogens (tertiary/aromatic N) is 1. The quantitative estimate of drug-likeness (QED) is 0.810. The molecule has 1 aromatic rings. The van der Waals surface area contributed by atoms with Crippen LogP contribution < -0.4 is 10.2 Å². The van der Waals surface area contributed by atoms with E-state index in [1.54, 1.807) is 0 Å². The van der Waals surface area contributed by atoms with Crippen molar-refractivity contribution in [2.45, 2.75) is 32.2 Å². The van der Waals surface area contributed by atoms with E-state index >= 15 is 0 Å². The fraction of sp³-hybridized carbons (Fsp3) is 0.600. The second-order valence-electron chi connectivity index (χ2n) is 5.39. The van der Waals surface area contributed by atoms with Crippen LogP contribution in [-0.4, -0.2) is 20.6 Å². The van der Waals surface area contributed by atoms with Gasteiger partial charge in [0.1, 0.15) is 0 Å². The van der Waals surface area contributed by atoms with Crippen molar-refractivity contribution >= 4 is 5.69 Å². The Labute approximate surface area is 105 Å². The lowest BCUT2D eigenvalue weighted by Gasteiger charge is -2.17. The summed E-state index contributed by atoms with van der Waals surface area (Å²) in [6, 6.07) is 9.29. The van der Waals surface area contributed by atoms with E-state index in [1.165, 1.54) is 30.5 Å². The van der Waals surface area contributed by atoms with E-state index in [4.69, 9.17) is 0 Å². The first-order valence-electron chi connectivity index (χ1n) is 6.67. The lowest BCUT2D eigenvalue weighted by molar-refractivity contribution is 0.540. The molecular formula is C15H24N2. The maximum atomic E-state index is 3.61. The summed E-state index contributed by atoms with van der Waals surface area (Å²) in [4.78, 5) is 2.13. The number of benzene rings is 1. The first kappa shape index (κ1) is 12.4. The van der Waals surface area contributed by atoms with E-state index < -0.39 is 0 Å². The highest BCUT2D eigenvalue weighted by atomic mass is 15.1. The summed E-state index contributed by atoms with van der Waals surface area (Å²) in [6.07, 6.45) is 4.25. The number of hydrogen-bond donors (Lipinski definition) is 1. The van der Waals surface area contributed by atoms with Crippen LogP contribution in [0.2, 0.25) is 0 Å². The van der Waals surface area contributed by atoms with E-state index in [9.17, 15) is 0 Å². The molecule has 2 heteroatoms. The van der Waals surface area contributed by atoms with Crippen molar-refractivity contribution in [2.24, 2.45) is 5.92 Å². The van der Waals surface area contributed by atoms with E-state index in [0.29, 0.717) is 6.04 Å². The molecule has 0 heterocycles. The average Bonchev–Trinajstić information content (AvgIpc) is 3.13. The van der Waals surface area contributed by atoms with E-state index in [2.05, 4.69) is 55.5 Å². The van der Waals surface area contributed by atoms with Gasteiger partial charge in [-0.15, -0.1) is 0 Å². The first-order valence-corrected chi connectivity index (χ1v) is 6.67. The maximum absolute atomic E-state index is 3.61. The highest BCUT2D eigenvalue weighted by molar-refractivity contribution is 5.46. The maximum Gasteiger partial charge on any atom is 0.0361 e. The minimum Gasteiger partial charge on any atom is -0.378 e. The molecule has 1 aliphatic rings. The van der Waals surface area contributed by atoms with Gasteiger partial charge in [0.05, 0.1) is 0 Å². The highest BCUT2D eigenvalue weighted by Gasteiger charge is 2.20. The Morgan fingerprint density at radius 2 is 1.88 bits per heavy atom. The second-order valence-corrected chi connectivity index (χ2v) is 5.39. The van der Waals surface area contributed by atoms with Crippen molar-refractivity contribution in [3.8, 4) is 0 Å². The third kappa shape index (κ3) is 3.74. The Hall–Kier alpha value is -1.02. The van der Waals surface area contributed by atoms with Crippen LogP contribution in [0.3, 0.4) is 0 Å². The first-order chi connectivity index (χ1) is 8.16. The number of nitrogens with one attached hydrogen (secondary N) is 1. The van der Waals surface area contributed by atoms with Gasteiger partial charge < -0.3 is 10.2 Å². The SMILES string of the molecule is CC(NCCC1CC1)c1ccc(N(C)C)cc1. The minimum atomic E-state index is 0.463. The summed E-state index contributed by atoms with van der Waals surface area (Å²) in [7, 11) is 4.15. The van der Waals surface area contributed by atoms with Crippen molar-refractivity contribution in [2.75, 3.05) is 25.5 Å². The van der Waals surface area contributed by atoms with Gasteiger partial charge in [-0.3, -0.25) is 0 Å². The lowest BCUT2D eigenvalue weighted by atomic mass is 10.1. The van der Waals surface area contributed by atoms with Crippen LogP contribution in [0.15, 0.2) is 24.3 Å². The zero-order chi connectivity index (χ0) is 12.3. The zero-order valence-corrected chi connectivity index (χ0v) is 11.2. The molecule has 1 aliphatic carbocycles. The smallest absolute Gasteiger partial charge is 0.0361 e. The van der Waals surface area contributed by atoms with Crippen LogP contribution in [0, 0.1) is 5.92 Å². The van der Waals surface area contributed by atoms with E-state index in [1.807, 2.05) is 0 Å². The third-order valence-corrected chi connectivity index (χ3v) is 3.61. The minimum absolute atomic E-state index is 0.463. The Kier molecular flexibility index (Phi) is 4.06. The molecule has 1 N–H and O–H groups in total. The van der Waals surface area contributed by atoms with Gasteiger partial charge in [0, 0.05) is 25.8 Å². The Morgan fingerprint density at radius 3 is 2.41 bits per heavy atom. The molecule has 1 aromatic carbocycles. The molecule has 0 aromatic heterocycles. The normalized spacial score (nSPS) is 16.9. The summed E-state index contributed by atoms with van der Waals surface area (Å²) in [6.45, 7) is 3.40. The molecule has 94 valence electrons. The molecule has 0 bridgehead atoms. The van der Waals surface area contributed by atoms with Gasteiger partial charge in [0.15, 0.2) is 0 Å². The van der Waals surface area contributed by atoms with Gasteiger partial charge in [0.25, 0.3) is 0 Å². The third-order valence-electron chi connectivity index (χ3n) is 3.61. The molecule has 1 atom stereocenters. The van der Waals surface area contributed by atoms with Gasteiger partial charge >= 0.3 is 0 Å². The average molecular weight is 232 g/mol. The predicted molar refractivity (Wildman–Crippen MR) is 74.5 cm³/mol. The second kappa shape index (κ2) is 5.54. The summed E-state index contributed by atoms with van der Waals surface area (Å²) in [5, 5.41) is 3.61. The lowest BCUT2D eigenvalue weighted by Crippen LogP contribution is -2.20. The Bertz CT molecular complexity index is 338. The summed E-state index contributed by atoms with van der Waals surface area (Å²) in [5.74, 6) is 1.02. The number of rotatable bonds is 6. The predicted octanol–water partition coefficient (Wildman–Crippen LogP) is 3.20. The Balaban J connectivity index is 1.82. The molecule has 2 rings (SSSR count). The van der Waals surface area contributed by atoms with Crippen LogP contribution in [0.25, 0.3) is 0 Å². The highest BCUT2D eigenvalue weighted by Crippen LogP contribution is 2.32. The monoisotopic (exact) mass is 232 g/mol. The summed E-state index contributed by atoms with van der Waals surface area (Å²) >= 11 is 0. The van der Waals surface area contributed by atoms with E-state index in [0.717, 1.165) is 12.5 Å². The molecule has 0 aliphatic heterocycles. The molecule has 0 radical (unpaired) electrons. The van der Waals surface area contributed by atoms with Crippen molar-refractivity contribution < 1.29 is 0 Å². The fourth-order valence-electron chi connectivity index (χ4n) is 2.09. The van der Waals surface area contributed by atoms with Gasteiger partial charge in [-0.1, -0.05) is 25.0 Å². The van der Waals surface area contributed by atoms with Crippen molar-refractivity contribution in [1.82, 2.24) is 5.32 Å². The van der Waals surface area contributed by atoms with Gasteiger partial charge in [-0.25, -0.2) is 0 Å². The zero-order valence-electron chi connectivity index (χ0n) is 11.2. The molecule has 1 fully saturated rings. The largest absolute Gasteiger partial charge is 0.378 e. The molecule has 0 saturated heterocycles. The fourth-order valence-corrected chi connectivity index (χ4v) is 2.09. The molecule has 2 nitrogen and oxygen atoms in total. The molecule has 17 heavy (non-hydrogen) atoms. The molecule has 0 amide bonds. The standard InChI is InChI=1S/C15H24N2/c1-12(16-11-10-13-4-5-13)14-6-8-15(9-7-14)17(2)3/h6-9,12-13,16H,4-5,10-11H2,1-3H3. The van der Waals surface area contributed by atoms with Crippen molar-refractivity contribution in [3.63, 3.8) is 0 Å². The van der Waals surface area contributed by atoms with E-state index in [-0.39, 0.29) is 0 Å². The molecular weight excluding hydrogens is 208 g/mol. The van der Waals surface area contributed by atoms with Crippen LogP contribution in [0.1, 0.15) is 37.8 Å². The van der Waals surface area contributed by atoms with Gasteiger partial charge in [0.2, 0.25) is 0 Å².